The third-order valence-corrected chi connectivity index (χ3v) is 7.43. The number of halogens is 2. The average molecular weight is 475 g/mol. The van der Waals surface area contributed by atoms with Gasteiger partial charge in [-0.25, -0.2) is 18.5 Å². The van der Waals surface area contributed by atoms with Crippen molar-refractivity contribution < 1.29 is 8.42 Å². The highest BCUT2D eigenvalue weighted by molar-refractivity contribution is 7.89. The number of hydrogen-bond acceptors (Lipinski definition) is 4. The summed E-state index contributed by atoms with van der Waals surface area (Å²) in [5.41, 5.74) is 4.22. The van der Waals surface area contributed by atoms with Crippen LogP contribution in [0.15, 0.2) is 71.6 Å². The van der Waals surface area contributed by atoms with E-state index in [0.29, 0.717) is 10.0 Å². The number of primary sulfonamides is 1. The van der Waals surface area contributed by atoms with E-state index in [0.717, 1.165) is 37.8 Å². The number of aromatic nitrogens is 1. The van der Waals surface area contributed by atoms with Gasteiger partial charge in [-0.1, -0.05) is 65.7 Å². The number of aryl methyl sites for hydroxylation is 1. The third kappa shape index (κ3) is 4.15. The maximum absolute atomic E-state index is 11.6. The van der Waals surface area contributed by atoms with Crippen LogP contribution in [0.5, 0.6) is 0 Å². The molecule has 3 aromatic carbocycles. The molecule has 0 atom stereocenters. The van der Waals surface area contributed by atoms with Crippen molar-refractivity contribution in [1.82, 2.24) is 4.98 Å². The van der Waals surface area contributed by atoms with Crippen LogP contribution in [-0.4, -0.2) is 13.4 Å². The first-order valence-electron chi connectivity index (χ1n) is 8.89. The van der Waals surface area contributed by atoms with Crippen LogP contribution in [0.25, 0.3) is 32.3 Å². The van der Waals surface area contributed by atoms with E-state index in [9.17, 15) is 8.42 Å². The molecule has 0 fully saturated rings. The van der Waals surface area contributed by atoms with Gasteiger partial charge in [-0.15, -0.1) is 11.3 Å². The quantitative estimate of drug-likeness (QED) is 0.371. The summed E-state index contributed by atoms with van der Waals surface area (Å²) in [6.45, 7) is 1.95. The van der Waals surface area contributed by atoms with Crippen molar-refractivity contribution in [2.24, 2.45) is 5.14 Å². The lowest BCUT2D eigenvalue weighted by Crippen LogP contribution is -2.11. The first-order valence-corrected chi connectivity index (χ1v) is 12.0. The number of nitrogens with zero attached hydrogens (tertiary/aromatic N) is 1. The van der Waals surface area contributed by atoms with E-state index in [1.165, 1.54) is 23.5 Å². The molecule has 0 unspecified atom stereocenters. The molecule has 0 radical (unpaired) electrons. The number of sulfonamides is 1. The van der Waals surface area contributed by atoms with Gasteiger partial charge in [0, 0.05) is 16.1 Å². The summed E-state index contributed by atoms with van der Waals surface area (Å²) in [7, 11) is -3.77. The summed E-state index contributed by atoms with van der Waals surface area (Å²) in [6.07, 6.45) is 0. The monoisotopic (exact) mass is 474 g/mol. The second kappa shape index (κ2) is 8.13. The molecule has 2 N–H and O–H groups in total. The second-order valence-electron chi connectivity index (χ2n) is 6.71. The molecule has 0 aliphatic carbocycles. The topological polar surface area (TPSA) is 73.0 Å². The fourth-order valence-corrected chi connectivity index (χ4v) is 5.10. The summed E-state index contributed by atoms with van der Waals surface area (Å²) in [4.78, 5) is 5.80. The predicted octanol–water partition coefficient (Wildman–Crippen LogP) is 6.41. The lowest BCUT2D eigenvalue weighted by Gasteiger charge is -2.06. The van der Waals surface area contributed by atoms with Gasteiger partial charge in [-0.05, 0) is 42.3 Å². The highest BCUT2D eigenvalue weighted by atomic mass is 35.5. The van der Waals surface area contributed by atoms with Crippen LogP contribution in [0.2, 0.25) is 10.0 Å². The molecule has 4 nitrogen and oxygen atoms in total. The van der Waals surface area contributed by atoms with Crippen molar-refractivity contribution in [3.05, 3.63) is 82.3 Å². The van der Waals surface area contributed by atoms with E-state index < -0.39 is 10.0 Å². The fraction of sp³-hybridized carbons (Fsp3) is 0.0455. The van der Waals surface area contributed by atoms with Crippen LogP contribution in [0.4, 0.5) is 0 Å². The zero-order valence-electron chi connectivity index (χ0n) is 15.8. The molecule has 0 spiro atoms. The minimum atomic E-state index is -3.77. The molecule has 4 aromatic rings. The third-order valence-electron chi connectivity index (χ3n) is 4.62. The number of benzene rings is 3. The van der Waals surface area contributed by atoms with Crippen molar-refractivity contribution in [3.8, 4) is 32.3 Å². The summed E-state index contributed by atoms with van der Waals surface area (Å²) in [5, 5.41) is 7.26. The average Bonchev–Trinajstić information content (AvgIpc) is 3.15. The lowest BCUT2D eigenvalue weighted by molar-refractivity contribution is 0.598. The molecule has 1 aromatic heterocycles. The maximum Gasteiger partial charge on any atom is 0.238 e. The Bertz CT molecular complexity index is 1350. The zero-order chi connectivity index (χ0) is 21.5. The molecule has 0 aliphatic heterocycles. The van der Waals surface area contributed by atoms with Crippen LogP contribution < -0.4 is 5.14 Å². The van der Waals surface area contributed by atoms with Crippen LogP contribution in [-0.2, 0) is 10.0 Å². The van der Waals surface area contributed by atoms with Crippen LogP contribution >= 0.6 is 34.5 Å². The van der Waals surface area contributed by atoms with Crippen LogP contribution in [0, 0.1) is 6.92 Å². The van der Waals surface area contributed by atoms with Crippen molar-refractivity contribution >= 4 is 44.6 Å². The molecule has 0 saturated heterocycles. The van der Waals surface area contributed by atoms with E-state index in [1.807, 2.05) is 49.4 Å². The number of hydrogen-bond donors (Lipinski definition) is 1. The largest absolute Gasteiger partial charge is 0.238 e. The van der Waals surface area contributed by atoms with Crippen molar-refractivity contribution in [1.29, 1.82) is 0 Å². The minimum Gasteiger partial charge on any atom is -0.235 e. The Labute approximate surface area is 189 Å². The van der Waals surface area contributed by atoms with E-state index >= 15 is 0 Å². The zero-order valence-corrected chi connectivity index (χ0v) is 18.9. The van der Waals surface area contributed by atoms with Gasteiger partial charge in [0.05, 0.1) is 20.5 Å². The van der Waals surface area contributed by atoms with Crippen molar-refractivity contribution in [2.75, 3.05) is 0 Å². The molecule has 0 aliphatic rings. The summed E-state index contributed by atoms with van der Waals surface area (Å²) in [5.74, 6) is 0. The van der Waals surface area contributed by atoms with Gasteiger partial charge in [-0.2, -0.15) is 0 Å². The van der Waals surface area contributed by atoms with Gasteiger partial charge in [0.1, 0.15) is 5.01 Å². The Balaban J connectivity index is 1.92. The van der Waals surface area contributed by atoms with Gasteiger partial charge in [0.15, 0.2) is 0 Å². The van der Waals surface area contributed by atoms with Crippen molar-refractivity contribution in [2.45, 2.75) is 11.8 Å². The SMILES string of the molecule is Cc1ccc(-c2sc(-c3ccccc3Cl)nc2-c2ccc(S(N)(=O)=O)cc2)cc1Cl. The molecular weight excluding hydrogens is 459 g/mol. The van der Waals surface area contributed by atoms with Gasteiger partial charge >= 0.3 is 0 Å². The smallest absolute Gasteiger partial charge is 0.235 e. The van der Waals surface area contributed by atoms with Gasteiger partial charge < -0.3 is 0 Å². The van der Waals surface area contributed by atoms with E-state index in [2.05, 4.69) is 0 Å². The normalized spacial score (nSPS) is 11.6. The van der Waals surface area contributed by atoms with E-state index in [1.54, 1.807) is 12.1 Å². The predicted molar refractivity (Wildman–Crippen MR) is 125 cm³/mol. The fourth-order valence-electron chi connectivity index (χ4n) is 3.00. The molecule has 152 valence electrons. The number of nitrogens with two attached hydrogens (primary N) is 1. The highest BCUT2D eigenvalue weighted by Crippen LogP contribution is 2.43. The summed E-state index contributed by atoms with van der Waals surface area (Å²) < 4.78 is 23.2. The standard InChI is InChI=1S/C22H16Cl2N2O2S2/c1-13-6-7-15(12-19(13)24)21-20(14-8-10-16(11-9-14)30(25,27)28)26-22(29-21)17-4-2-3-5-18(17)23/h2-12H,1H3,(H2,25,27,28). The first kappa shape index (κ1) is 21.0. The van der Waals surface area contributed by atoms with Crippen molar-refractivity contribution in [3.63, 3.8) is 0 Å². The Kier molecular flexibility index (Phi) is 5.70. The molecule has 0 bridgehead atoms. The first-order chi connectivity index (χ1) is 14.2. The Morgan fingerprint density at radius 2 is 1.57 bits per heavy atom. The molecule has 0 amide bonds. The van der Waals surface area contributed by atoms with Gasteiger partial charge in [0.2, 0.25) is 10.0 Å². The van der Waals surface area contributed by atoms with Gasteiger partial charge in [-0.3, -0.25) is 0 Å². The van der Waals surface area contributed by atoms with E-state index in [4.69, 9.17) is 33.3 Å². The lowest BCUT2D eigenvalue weighted by atomic mass is 10.1. The van der Waals surface area contributed by atoms with Crippen LogP contribution in [0.1, 0.15) is 5.56 Å². The highest BCUT2D eigenvalue weighted by Gasteiger charge is 2.19. The second-order valence-corrected chi connectivity index (χ2v) is 10.1. The maximum atomic E-state index is 11.6. The number of thiazole rings is 1. The summed E-state index contributed by atoms with van der Waals surface area (Å²) in [6, 6.07) is 19.7. The summed E-state index contributed by atoms with van der Waals surface area (Å²) >= 11 is 14.3. The number of rotatable bonds is 4. The Morgan fingerprint density at radius 3 is 2.20 bits per heavy atom. The Morgan fingerprint density at radius 1 is 0.900 bits per heavy atom. The molecule has 8 heteroatoms. The van der Waals surface area contributed by atoms with Gasteiger partial charge in [0.25, 0.3) is 0 Å². The molecular formula is C22H16Cl2N2O2S2. The molecule has 30 heavy (non-hydrogen) atoms. The Hall–Kier alpha value is -2.22. The molecule has 1 heterocycles. The molecule has 0 saturated carbocycles. The molecule has 4 rings (SSSR count). The van der Waals surface area contributed by atoms with Crippen LogP contribution in [0.3, 0.4) is 0 Å². The minimum absolute atomic E-state index is 0.0488. The van der Waals surface area contributed by atoms with E-state index in [-0.39, 0.29) is 4.90 Å².